The molecule has 2 heterocycles. The lowest BCUT2D eigenvalue weighted by Gasteiger charge is -2.30. The zero-order chi connectivity index (χ0) is 26.1. The van der Waals surface area contributed by atoms with Gasteiger partial charge < -0.3 is 9.97 Å². The number of hydrogen-bond acceptors (Lipinski definition) is 3. The van der Waals surface area contributed by atoms with Crippen LogP contribution in [0, 0.1) is 26.6 Å². The van der Waals surface area contributed by atoms with Crippen LogP contribution in [0.15, 0.2) is 48.7 Å². The van der Waals surface area contributed by atoms with E-state index in [0.717, 1.165) is 48.8 Å². The second-order valence-corrected chi connectivity index (χ2v) is 10.0. The summed E-state index contributed by atoms with van der Waals surface area (Å²) in [6.45, 7) is 8.16. The largest absolute Gasteiger partial charge is 0.361 e. The number of aryl methyl sites for hydroxylation is 2. The molecule has 37 heavy (non-hydrogen) atoms. The molecule has 5 rings (SSSR count). The molecule has 0 saturated carbocycles. The first kappa shape index (κ1) is 25.0. The van der Waals surface area contributed by atoms with Gasteiger partial charge in [-0.25, -0.2) is 9.87 Å². The van der Waals surface area contributed by atoms with Gasteiger partial charge in [-0.2, -0.15) is 0 Å². The maximum atomic E-state index is 13.7. The van der Waals surface area contributed by atoms with E-state index in [2.05, 4.69) is 47.8 Å². The van der Waals surface area contributed by atoms with E-state index in [1.165, 1.54) is 51.3 Å². The molecule has 1 amide bonds. The van der Waals surface area contributed by atoms with E-state index in [9.17, 15) is 9.18 Å². The van der Waals surface area contributed by atoms with Crippen molar-refractivity contribution in [2.75, 3.05) is 6.54 Å². The molecule has 0 bridgehead atoms. The summed E-state index contributed by atoms with van der Waals surface area (Å²) in [6, 6.07) is 11.5. The summed E-state index contributed by atoms with van der Waals surface area (Å²) >= 11 is 0. The summed E-state index contributed by atoms with van der Waals surface area (Å²) in [7, 11) is 0. The third-order valence-electron chi connectivity index (χ3n) is 7.87. The molecule has 2 aromatic carbocycles. The molecule has 7 heteroatoms. The van der Waals surface area contributed by atoms with Gasteiger partial charge in [-0.3, -0.25) is 14.9 Å². The molecule has 6 nitrogen and oxygen atoms in total. The van der Waals surface area contributed by atoms with E-state index in [-0.39, 0.29) is 11.9 Å². The smallest absolute Gasteiger partial charge is 0.267 e. The number of aromatic nitrogens is 2. The van der Waals surface area contributed by atoms with Crippen LogP contribution in [0.5, 0.6) is 0 Å². The Bertz CT molecular complexity index is 1480. The summed E-state index contributed by atoms with van der Waals surface area (Å²) < 4.78 is 13.7. The average Bonchev–Trinajstić information content (AvgIpc) is 3.57. The number of fused-ring (bicyclic) bond motifs is 2. The van der Waals surface area contributed by atoms with Crippen LogP contribution in [0.2, 0.25) is 0 Å². The number of H-pyrrole nitrogens is 2. The van der Waals surface area contributed by atoms with Crippen molar-refractivity contribution in [2.45, 2.75) is 52.6 Å². The third-order valence-corrected chi connectivity index (χ3v) is 7.87. The van der Waals surface area contributed by atoms with Crippen molar-refractivity contribution in [1.82, 2.24) is 20.3 Å². The van der Waals surface area contributed by atoms with E-state index >= 15 is 0 Å². The number of aromatic amines is 2. The number of rotatable bonds is 8. The monoisotopic (exact) mass is 500 g/mol. The Morgan fingerprint density at radius 2 is 2.03 bits per heavy atom. The summed E-state index contributed by atoms with van der Waals surface area (Å²) in [6.07, 6.45) is 7.89. The molecule has 0 spiro atoms. The van der Waals surface area contributed by atoms with Gasteiger partial charge in [-0.15, -0.1) is 0 Å². The minimum absolute atomic E-state index is 0.232. The Balaban J connectivity index is 1.42. The number of carbonyl (C=O) groups excluding carboxylic acids is 1. The highest BCUT2D eigenvalue weighted by atomic mass is 19.1. The quantitative estimate of drug-likeness (QED) is 0.140. The molecule has 4 N–H and O–H groups in total. The topological polar surface area (TPSA) is 84.2 Å². The number of nitrogens with one attached hydrogen (secondary N) is 3. The number of hydrogen-bond donors (Lipinski definition) is 4. The molecule has 0 radical (unpaired) electrons. The van der Waals surface area contributed by atoms with Crippen LogP contribution in [0.4, 0.5) is 4.39 Å². The van der Waals surface area contributed by atoms with Gasteiger partial charge in [0.25, 0.3) is 5.91 Å². The van der Waals surface area contributed by atoms with E-state index in [1.54, 1.807) is 17.6 Å². The van der Waals surface area contributed by atoms with Crippen molar-refractivity contribution >= 4 is 22.9 Å². The van der Waals surface area contributed by atoms with Crippen LogP contribution in [-0.4, -0.2) is 32.5 Å². The van der Waals surface area contributed by atoms with E-state index in [0.29, 0.717) is 0 Å². The van der Waals surface area contributed by atoms with Gasteiger partial charge in [-0.05, 0) is 97.7 Å². The van der Waals surface area contributed by atoms with Crippen molar-refractivity contribution < 1.29 is 14.4 Å². The average molecular weight is 501 g/mol. The molecular formula is C30H33FN4O2. The van der Waals surface area contributed by atoms with Gasteiger partial charge in [0.05, 0.1) is 0 Å². The highest BCUT2D eigenvalue weighted by Crippen LogP contribution is 2.38. The fraction of sp³-hybridized carbons (Fsp3) is 0.300. The lowest BCUT2D eigenvalue weighted by molar-refractivity contribution is -0.124. The molecular weight excluding hydrogens is 467 g/mol. The van der Waals surface area contributed by atoms with E-state index < -0.39 is 5.91 Å². The molecule has 0 fully saturated rings. The van der Waals surface area contributed by atoms with Crippen LogP contribution < -0.4 is 5.48 Å². The van der Waals surface area contributed by atoms with Gasteiger partial charge in [0.1, 0.15) is 5.82 Å². The fourth-order valence-electron chi connectivity index (χ4n) is 5.56. The highest BCUT2D eigenvalue weighted by Gasteiger charge is 2.29. The number of benzene rings is 2. The second-order valence-electron chi connectivity index (χ2n) is 10.0. The van der Waals surface area contributed by atoms with Crippen LogP contribution >= 0.6 is 0 Å². The van der Waals surface area contributed by atoms with Crippen molar-refractivity contribution in [3.05, 3.63) is 99.3 Å². The van der Waals surface area contributed by atoms with Gasteiger partial charge >= 0.3 is 0 Å². The number of amides is 1. The predicted molar refractivity (Wildman–Crippen MR) is 144 cm³/mol. The second kappa shape index (κ2) is 10.4. The van der Waals surface area contributed by atoms with E-state index in [1.807, 2.05) is 18.3 Å². The Hall–Kier alpha value is -3.68. The number of carbonyl (C=O) groups is 1. The Morgan fingerprint density at radius 1 is 1.19 bits per heavy atom. The number of hydroxylamine groups is 1. The van der Waals surface area contributed by atoms with Crippen LogP contribution in [0.3, 0.4) is 0 Å². The van der Waals surface area contributed by atoms with Crippen LogP contribution in [0.1, 0.15) is 57.2 Å². The first-order valence-corrected chi connectivity index (χ1v) is 12.7. The standard InChI is InChI=1S/C30H33FN4O2/c1-18-19(2)28(33-20(18)3)17-35(13-12-23-16-32-27-15-24(31)7-9-25(23)27)29-10-6-22-14-21(4-8-26(22)29)5-11-30(36)34-37/h4-5,7-9,11,14-16,29,32-33,37H,6,10,12-13,17H2,1-3H3,(H,34,36). The molecule has 1 aliphatic carbocycles. The first-order chi connectivity index (χ1) is 17.8. The first-order valence-electron chi connectivity index (χ1n) is 12.7. The lowest BCUT2D eigenvalue weighted by Crippen LogP contribution is -2.30. The highest BCUT2D eigenvalue weighted by molar-refractivity contribution is 5.90. The van der Waals surface area contributed by atoms with Gasteiger partial charge in [0.15, 0.2) is 0 Å². The fourth-order valence-corrected chi connectivity index (χ4v) is 5.56. The normalized spacial score (nSPS) is 15.2. The molecule has 2 aromatic heterocycles. The predicted octanol–water partition coefficient (Wildman–Crippen LogP) is 5.81. The SMILES string of the molecule is Cc1[nH]c(CN(CCc2c[nH]c3cc(F)ccc23)C2CCc3cc(C=CC(=O)NO)ccc32)c(C)c1C. The molecule has 4 aromatic rings. The Morgan fingerprint density at radius 3 is 2.78 bits per heavy atom. The Labute approximate surface area is 216 Å². The summed E-state index contributed by atoms with van der Waals surface area (Å²) in [5.41, 5.74) is 12.3. The minimum atomic E-state index is -0.545. The summed E-state index contributed by atoms with van der Waals surface area (Å²) in [4.78, 5) is 20.8. The van der Waals surface area contributed by atoms with Gasteiger partial charge in [-0.1, -0.05) is 18.2 Å². The molecule has 0 saturated heterocycles. The molecule has 1 atom stereocenters. The zero-order valence-electron chi connectivity index (χ0n) is 21.5. The third kappa shape index (κ3) is 5.10. The summed E-state index contributed by atoms with van der Waals surface area (Å²) in [5.74, 6) is -0.777. The van der Waals surface area contributed by atoms with Crippen LogP contribution in [0.25, 0.3) is 17.0 Å². The molecule has 192 valence electrons. The number of halogens is 1. The molecule has 1 aliphatic rings. The minimum Gasteiger partial charge on any atom is -0.361 e. The maximum Gasteiger partial charge on any atom is 0.267 e. The lowest BCUT2D eigenvalue weighted by atomic mass is 10.0. The van der Waals surface area contributed by atoms with Crippen molar-refractivity contribution in [2.24, 2.45) is 0 Å². The van der Waals surface area contributed by atoms with Crippen molar-refractivity contribution in [3.63, 3.8) is 0 Å². The maximum absolute atomic E-state index is 13.7. The van der Waals surface area contributed by atoms with Crippen molar-refractivity contribution in [3.8, 4) is 0 Å². The van der Waals surface area contributed by atoms with Gasteiger partial charge in [0, 0.05) is 53.7 Å². The molecule has 0 aliphatic heterocycles. The van der Waals surface area contributed by atoms with Crippen molar-refractivity contribution in [1.29, 1.82) is 0 Å². The Kier molecular flexibility index (Phi) is 7.00. The molecule has 1 unspecified atom stereocenters. The summed E-state index contributed by atoms with van der Waals surface area (Å²) in [5, 5.41) is 9.80. The van der Waals surface area contributed by atoms with Gasteiger partial charge in [0.2, 0.25) is 0 Å². The van der Waals surface area contributed by atoms with E-state index in [4.69, 9.17) is 5.21 Å². The zero-order valence-corrected chi connectivity index (χ0v) is 21.5. The van der Waals surface area contributed by atoms with Crippen LogP contribution in [-0.2, 0) is 24.2 Å². The number of nitrogens with zero attached hydrogens (tertiary/aromatic N) is 1.